The van der Waals surface area contributed by atoms with Gasteiger partial charge in [-0.1, -0.05) is 102 Å². The Bertz CT molecular complexity index is 2410. The predicted octanol–water partition coefficient (Wildman–Crippen LogP) is 10.8. The molecule has 1 N–H and O–H groups in total. The van der Waals surface area contributed by atoms with Crippen molar-refractivity contribution in [1.29, 1.82) is 0 Å². The van der Waals surface area contributed by atoms with Gasteiger partial charge in [-0.05, 0) is 60.4 Å². The van der Waals surface area contributed by atoms with Gasteiger partial charge in [-0.15, -0.1) is 24.3 Å². The second-order valence-corrected chi connectivity index (χ2v) is 11.6. The molecule has 0 amide bonds. The Labute approximate surface area is 287 Å². The molecule has 0 fully saturated rings. The summed E-state index contributed by atoms with van der Waals surface area (Å²) in [5.74, 6) is 0.236. The first-order valence-corrected chi connectivity index (χ1v) is 15.3. The third kappa shape index (κ3) is 5.66. The number of hydrogen-bond donors (Lipinski definition) is 1. The van der Waals surface area contributed by atoms with E-state index in [1.807, 2.05) is 92.7 Å². The summed E-state index contributed by atoms with van der Waals surface area (Å²) in [6, 6.07) is 48.4. The molecule has 5 heteroatoms. The van der Waals surface area contributed by atoms with Gasteiger partial charge in [-0.25, -0.2) is 0 Å². The van der Waals surface area contributed by atoms with Gasteiger partial charge >= 0.3 is 0 Å². The number of benzene rings is 5. The van der Waals surface area contributed by atoms with E-state index in [1.165, 1.54) is 0 Å². The summed E-state index contributed by atoms with van der Waals surface area (Å²) in [5, 5.41) is 13.2. The van der Waals surface area contributed by atoms with Crippen LogP contribution in [-0.4, -0.2) is 15.1 Å². The molecule has 8 rings (SSSR count). The van der Waals surface area contributed by atoms with E-state index in [-0.39, 0.29) is 26.8 Å². The summed E-state index contributed by atoms with van der Waals surface area (Å²) in [6.07, 6.45) is 0. The summed E-state index contributed by atoms with van der Waals surface area (Å²) in [6.45, 7) is 3.91. The van der Waals surface area contributed by atoms with Crippen molar-refractivity contribution < 1.29 is 30.6 Å². The van der Waals surface area contributed by atoms with Gasteiger partial charge in [-0.3, -0.25) is 9.97 Å². The molecule has 0 unspecified atom stereocenters. The molecule has 47 heavy (non-hydrogen) atoms. The fourth-order valence-electron chi connectivity index (χ4n) is 6.17. The van der Waals surface area contributed by atoms with E-state index >= 15 is 0 Å². The standard InChI is InChI=1S/C42H29N2O2.Pt/c1-26-11-8-19-36(41(26)45)39-24-31(28-12-4-3-5-13-28)23-38(44-39)30-15-9-14-29(22-30)37-25-32(21-27(2)43-37)33-17-10-18-35-34-16-6-7-20-40(34)46-42(33)35;/h3-21,23-25,45H,1-2H3;/q-1;. The minimum absolute atomic E-state index is 0. The molecule has 4 nitrogen and oxygen atoms in total. The number of pyridine rings is 2. The summed E-state index contributed by atoms with van der Waals surface area (Å²) < 4.78 is 6.36. The molecule has 0 saturated heterocycles. The number of para-hydroxylation sites is 3. The van der Waals surface area contributed by atoms with E-state index in [9.17, 15) is 5.11 Å². The van der Waals surface area contributed by atoms with E-state index in [1.54, 1.807) is 0 Å². The number of phenols is 1. The molecule has 0 saturated carbocycles. The van der Waals surface area contributed by atoms with Gasteiger partial charge < -0.3 is 9.52 Å². The van der Waals surface area contributed by atoms with Crippen LogP contribution in [0.2, 0.25) is 0 Å². The molecule has 0 radical (unpaired) electrons. The fraction of sp³-hybridized carbons (Fsp3) is 0.0476. The number of aromatic hydroxyl groups is 1. The average molecular weight is 789 g/mol. The Morgan fingerprint density at radius 3 is 2.02 bits per heavy atom. The van der Waals surface area contributed by atoms with Crippen molar-refractivity contribution in [3.8, 4) is 61.8 Å². The van der Waals surface area contributed by atoms with Crippen LogP contribution in [0.1, 0.15) is 11.3 Å². The molecular formula is C42H29N2O2Pt-. The van der Waals surface area contributed by atoms with Crippen LogP contribution in [0.25, 0.3) is 78.0 Å². The van der Waals surface area contributed by atoms with Crippen molar-refractivity contribution in [3.05, 3.63) is 151 Å². The molecule has 5 aromatic carbocycles. The van der Waals surface area contributed by atoms with Gasteiger partial charge in [-0.2, -0.15) is 0 Å². The summed E-state index contributed by atoms with van der Waals surface area (Å²) >= 11 is 0. The van der Waals surface area contributed by atoms with E-state index < -0.39 is 0 Å². The molecule has 8 aromatic rings. The van der Waals surface area contributed by atoms with E-state index in [0.717, 1.165) is 78.0 Å². The zero-order valence-electron chi connectivity index (χ0n) is 25.8. The molecule has 0 atom stereocenters. The van der Waals surface area contributed by atoms with E-state index in [4.69, 9.17) is 14.4 Å². The second-order valence-electron chi connectivity index (χ2n) is 11.6. The number of fused-ring (bicyclic) bond motifs is 3. The van der Waals surface area contributed by atoms with Crippen LogP contribution < -0.4 is 0 Å². The number of phenolic OH excluding ortho intramolecular Hbond substituents is 1. The van der Waals surface area contributed by atoms with Gasteiger partial charge in [0.05, 0.1) is 5.69 Å². The smallest absolute Gasteiger partial charge is 0.143 e. The monoisotopic (exact) mass is 788 g/mol. The minimum atomic E-state index is 0. The van der Waals surface area contributed by atoms with Crippen LogP contribution in [-0.2, 0) is 21.1 Å². The maximum atomic E-state index is 11.0. The number of aromatic nitrogens is 2. The minimum Gasteiger partial charge on any atom is -0.507 e. The molecule has 3 heterocycles. The Kier molecular flexibility index (Phi) is 8.05. The first-order chi connectivity index (χ1) is 22.5. The summed E-state index contributed by atoms with van der Waals surface area (Å²) in [7, 11) is 0. The molecule has 0 aliphatic heterocycles. The number of aryl methyl sites for hydroxylation is 2. The van der Waals surface area contributed by atoms with Crippen LogP contribution in [0, 0.1) is 19.9 Å². The summed E-state index contributed by atoms with van der Waals surface area (Å²) in [4.78, 5) is 9.97. The second kappa shape index (κ2) is 12.5. The van der Waals surface area contributed by atoms with Gasteiger partial charge in [0.2, 0.25) is 0 Å². The molecule has 0 aliphatic rings. The van der Waals surface area contributed by atoms with Gasteiger partial charge in [0, 0.05) is 60.0 Å². The zero-order valence-corrected chi connectivity index (χ0v) is 28.0. The van der Waals surface area contributed by atoms with Crippen molar-refractivity contribution in [2.24, 2.45) is 0 Å². The van der Waals surface area contributed by atoms with Crippen molar-refractivity contribution >= 4 is 21.9 Å². The maximum absolute atomic E-state index is 11.0. The fourth-order valence-corrected chi connectivity index (χ4v) is 6.17. The Balaban J connectivity index is 0.00000351. The quantitative estimate of drug-likeness (QED) is 0.177. The van der Waals surface area contributed by atoms with Crippen LogP contribution in [0.3, 0.4) is 0 Å². The number of nitrogens with zero attached hydrogens (tertiary/aromatic N) is 2. The van der Waals surface area contributed by atoms with Crippen LogP contribution in [0.4, 0.5) is 0 Å². The first kappa shape index (κ1) is 30.3. The van der Waals surface area contributed by atoms with Gasteiger partial charge in [0.25, 0.3) is 0 Å². The number of furan rings is 1. The molecular weight excluding hydrogens is 760 g/mol. The van der Waals surface area contributed by atoms with E-state index in [2.05, 4.69) is 60.7 Å². The van der Waals surface area contributed by atoms with Crippen molar-refractivity contribution in [2.45, 2.75) is 13.8 Å². The van der Waals surface area contributed by atoms with Gasteiger partial charge in [0.15, 0.2) is 0 Å². The normalized spacial score (nSPS) is 11.1. The summed E-state index contributed by atoms with van der Waals surface area (Å²) in [5.41, 5.74) is 12.3. The van der Waals surface area contributed by atoms with Crippen LogP contribution in [0.5, 0.6) is 5.75 Å². The molecule has 3 aromatic heterocycles. The maximum Gasteiger partial charge on any atom is 0.143 e. The third-order valence-corrected chi connectivity index (χ3v) is 8.46. The Morgan fingerprint density at radius 2 is 1.19 bits per heavy atom. The molecule has 0 bridgehead atoms. The number of rotatable bonds is 5. The molecule has 0 aliphatic carbocycles. The Morgan fingerprint density at radius 1 is 0.553 bits per heavy atom. The topological polar surface area (TPSA) is 59.2 Å². The predicted molar refractivity (Wildman–Crippen MR) is 186 cm³/mol. The van der Waals surface area contributed by atoms with Crippen molar-refractivity contribution in [3.63, 3.8) is 0 Å². The van der Waals surface area contributed by atoms with Crippen LogP contribution >= 0.6 is 0 Å². The van der Waals surface area contributed by atoms with Crippen LogP contribution in [0.15, 0.2) is 138 Å². The van der Waals surface area contributed by atoms with Gasteiger partial charge in [0.1, 0.15) is 16.9 Å². The van der Waals surface area contributed by atoms with E-state index in [0.29, 0.717) is 11.3 Å². The molecule has 230 valence electrons. The largest absolute Gasteiger partial charge is 0.507 e. The Hall–Kier alpha value is -5.31. The van der Waals surface area contributed by atoms with Crippen molar-refractivity contribution in [2.75, 3.05) is 0 Å². The first-order valence-electron chi connectivity index (χ1n) is 15.3. The van der Waals surface area contributed by atoms with Crippen molar-refractivity contribution in [1.82, 2.24) is 9.97 Å². The zero-order chi connectivity index (χ0) is 31.2. The SMILES string of the molecule is Cc1cc(-c2cccc3c2oc2ccccc23)cc(-c2[c-]c(-c3cc(-c4ccccc4)cc(-c4cccc(C)c4O)n3)ccc2)n1.[Pt]. The number of hydrogen-bond acceptors (Lipinski definition) is 4. The third-order valence-electron chi connectivity index (χ3n) is 8.46. The average Bonchev–Trinajstić information content (AvgIpc) is 3.48. The molecule has 0 spiro atoms.